The van der Waals surface area contributed by atoms with Crippen molar-refractivity contribution in [3.8, 4) is 0 Å². The highest BCUT2D eigenvalue weighted by Gasteiger charge is 2.02. The number of halogens is 2. The molecule has 4 heteroatoms. The Morgan fingerprint density at radius 3 is 2.79 bits per heavy atom. The summed E-state index contributed by atoms with van der Waals surface area (Å²) in [5.41, 5.74) is 1.74. The molecule has 1 rings (SSSR count). The number of rotatable bonds is 2. The molecule has 0 aliphatic carbocycles. The molecule has 0 unspecified atom stereocenters. The molecule has 0 atom stereocenters. The lowest BCUT2D eigenvalue weighted by molar-refractivity contribution is -0.131. The SMILES string of the molecule is Cc1cc(Cl)cc(/C=C/C(=O)O)c1Br. The predicted molar refractivity (Wildman–Crippen MR) is 60.6 cm³/mol. The van der Waals surface area contributed by atoms with Crippen molar-refractivity contribution in [2.75, 3.05) is 0 Å². The largest absolute Gasteiger partial charge is 0.478 e. The molecule has 0 saturated carbocycles. The molecule has 74 valence electrons. The number of benzene rings is 1. The monoisotopic (exact) mass is 274 g/mol. The van der Waals surface area contributed by atoms with Crippen molar-refractivity contribution < 1.29 is 9.90 Å². The van der Waals surface area contributed by atoms with E-state index in [0.717, 1.165) is 21.7 Å². The lowest BCUT2D eigenvalue weighted by Crippen LogP contribution is -1.87. The van der Waals surface area contributed by atoms with E-state index in [4.69, 9.17) is 16.7 Å². The first kappa shape index (κ1) is 11.3. The fourth-order valence-electron chi connectivity index (χ4n) is 1.03. The van der Waals surface area contributed by atoms with Crippen molar-refractivity contribution in [1.29, 1.82) is 0 Å². The van der Waals surface area contributed by atoms with Gasteiger partial charge in [0.2, 0.25) is 0 Å². The minimum atomic E-state index is -0.977. The number of aryl methyl sites for hydroxylation is 1. The summed E-state index contributed by atoms with van der Waals surface area (Å²) in [4.78, 5) is 10.3. The number of aliphatic carboxylic acids is 1. The first-order valence-corrected chi connectivity index (χ1v) is 5.04. The number of carbonyl (C=O) groups is 1. The summed E-state index contributed by atoms with van der Waals surface area (Å²) in [6, 6.07) is 3.52. The fraction of sp³-hybridized carbons (Fsp3) is 0.100. The van der Waals surface area contributed by atoms with E-state index in [1.165, 1.54) is 6.08 Å². The van der Waals surface area contributed by atoms with Crippen LogP contribution in [0.15, 0.2) is 22.7 Å². The molecule has 0 aliphatic heterocycles. The van der Waals surface area contributed by atoms with E-state index in [-0.39, 0.29) is 0 Å². The van der Waals surface area contributed by atoms with Gasteiger partial charge in [0.25, 0.3) is 0 Å². The highest BCUT2D eigenvalue weighted by atomic mass is 79.9. The van der Waals surface area contributed by atoms with Gasteiger partial charge in [-0.25, -0.2) is 4.79 Å². The predicted octanol–water partition coefficient (Wildman–Crippen LogP) is 3.51. The molecule has 0 amide bonds. The maximum absolute atomic E-state index is 10.3. The topological polar surface area (TPSA) is 37.3 Å². The highest BCUT2D eigenvalue weighted by molar-refractivity contribution is 9.10. The molecular weight excluding hydrogens is 267 g/mol. The van der Waals surface area contributed by atoms with E-state index in [1.54, 1.807) is 6.07 Å². The summed E-state index contributed by atoms with van der Waals surface area (Å²) in [6.45, 7) is 1.90. The molecular formula is C10H8BrClO2. The van der Waals surface area contributed by atoms with Gasteiger partial charge in [0.1, 0.15) is 0 Å². The average molecular weight is 276 g/mol. The zero-order valence-corrected chi connectivity index (χ0v) is 9.76. The first-order chi connectivity index (χ1) is 6.50. The Kier molecular flexibility index (Phi) is 3.72. The Labute approximate surface area is 95.3 Å². The van der Waals surface area contributed by atoms with Gasteiger partial charge in [0.05, 0.1) is 0 Å². The van der Waals surface area contributed by atoms with Crippen LogP contribution in [0, 0.1) is 6.92 Å². The number of hydrogen-bond acceptors (Lipinski definition) is 1. The van der Waals surface area contributed by atoms with Gasteiger partial charge in [-0.1, -0.05) is 11.6 Å². The van der Waals surface area contributed by atoms with Crippen LogP contribution in [0.25, 0.3) is 6.08 Å². The molecule has 14 heavy (non-hydrogen) atoms. The Morgan fingerprint density at radius 2 is 2.21 bits per heavy atom. The van der Waals surface area contributed by atoms with Crippen LogP contribution >= 0.6 is 27.5 Å². The smallest absolute Gasteiger partial charge is 0.328 e. The van der Waals surface area contributed by atoms with Crippen molar-refractivity contribution >= 4 is 39.6 Å². The van der Waals surface area contributed by atoms with Crippen molar-refractivity contribution in [2.45, 2.75) is 6.92 Å². The normalized spacial score (nSPS) is 10.8. The first-order valence-electron chi connectivity index (χ1n) is 3.87. The molecule has 0 bridgehead atoms. The van der Waals surface area contributed by atoms with Gasteiger partial charge in [-0.15, -0.1) is 0 Å². The second kappa shape index (κ2) is 4.62. The van der Waals surface area contributed by atoms with Gasteiger partial charge >= 0.3 is 5.97 Å². The number of hydrogen-bond donors (Lipinski definition) is 1. The third kappa shape index (κ3) is 2.86. The molecule has 0 fully saturated rings. The van der Waals surface area contributed by atoms with Gasteiger partial charge in [-0.05, 0) is 52.2 Å². The summed E-state index contributed by atoms with van der Waals surface area (Å²) in [6.07, 6.45) is 2.58. The molecule has 0 aliphatic rings. The van der Waals surface area contributed by atoms with E-state index >= 15 is 0 Å². The minimum Gasteiger partial charge on any atom is -0.478 e. The molecule has 2 nitrogen and oxygen atoms in total. The second-order valence-electron chi connectivity index (χ2n) is 2.80. The van der Waals surface area contributed by atoms with Gasteiger partial charge in [0, 0.05) is 15.6 Å². The van der Waals surface area contributed by atoms with Crippen LogP contribution in [0.1, 0.15) is 11.1 Å². The Morgan fingerprint density at radius 1 is 1.57 bits per heavy atom. The molecule has 0 radical (unpaired) electrons. The summed E-state index contributed by atoms with van der Waals surface area (Å²) in [7, 11) is 0. The summed E-state index contributed by atoms with van der Waals surface area (Å²) < 4.78 is 0.861. The quantitative estimate of drug-likeness (QED) is 0.839. The van der Waals surface area contributed by atoms with Crippen molar-refractivity contribution in [3.63, 3.8) is 0 Å². The molecule has 1 N–H and O–H groups in total. The molecule has 0 aromatic heterocycles. The van der Waals surface area contributed by atoms with E-state index in [2.05, 4.69) is 15.9 Å². The lowest BCUT2D eigenvalue weighted by atomic mass is 10.1. The number of carboxylic acid groups (broad SMARTS) is 1. The van der Waals surface area contributed by atoms with Gasteiger partial charge < -0.3 is 5.11 Å². The van der Waals surface area contributed by atoms with Crippen LogP contribution in [0.4, 0.5) is 0 Å². The van der Waals surface area contributed by atoms with Gasteiger partial charge in [0.15, 0.2) is 0 Å². The Balaban J connectivity index is 3.14. The van der Waals surface area contributed by atoms with Gasteiger partial charge in [-0.2, -0.15) is 0 Å². The molecule has 1 aromatic rings. The summed E-state index contributed by atoms with van der Waals surface area (Å²) in [5, 5.41) is 9.06. The maximum Gasteiger partial charge on any atom is 0.328 e. The van der Waals surface area contributed by atoms with E-state index in [9.17, 15) is 4.79 Å². The van der Waals surface area contributed by atoms with Crippen LogP contribution in [0.3, 0.4) is 0 Å². The minimum absolute atomic E-state index is 0.593. The van der Waals surface area contributed by atoms with Crippen molar-refractivity contribution in [3.05, 3.63) is 38.8 Å². The molecule has 0 heterocycles. The standard InChI is InChI=1S/C10H8BrClO2/c1-6-4-8(12)5-7(10(6)11)2-3-9(13)14/h2-5H,1H3,(H,13,14)/b3-2+. The van der Waals surface area contributed by atoms with Crippen molar-refractivity contribution in [2.24, 2.45) is 0 Å². The Hall–Kier alpha value is -0.800. The van der Waals surface area contributed by atoms with E-state index in [0.29, 0.717) is 5.02 Å². The second-order valence-corrected chi connectivity index (χ2v) is 4.03. The van der Waals surface area contributed by atoms with E-state index < -0.39 is 5.97 Å². The molecule has 0 spiro atoms. The van der Waals surface area contributed by atoms with Crippen LogP contribution in [-0.4, -0.2) is 11.1 Å². The third-order valence-corrected chi connectivity index (χ3v) is 2.95. The maximum atomic E-state index is 10.3. The molecule has 0 saturated heterocycles. The van der Waals surface area contributed by atoms with E-state index in [1.807, 2.05) is 13.0 Å². The van der Waals surface area contributed by atoms with Crippen LogP contribution in [0.2, 0.25) is 5.02 Å². The number of carboxylic acids is 1. The fourth-order valence-corrected chi connectivity index (χ4v) is 1.68. The Bertz CT molecular complexity index is 399. The van der Waals surface area contributed by atoms with Crippen LogP contribution in [-0.2, 0) is 4.79 Å². The highest BCUT2D eigenvalue weighted by Crippen LogP contribution is 2.26. The third-order valence-electron chi connectivity index (χ3n) is 1.65. The summed E-state index contributed by atoms with van der Waals surface area (Å²) >= 11 is 9.20. The van der Waals surface area contributed by atoms with Crippen LogP contribution in [0.5, 0.6) is 0 Å². The zero-order chi connectivity index (χ0) is 10.7. The zero-order valence-electron chi connectivity index (χ0n) is 7.42. The van der Waals surface area contributed by atoms with Gasteiger partial charge in [-0.3, -0.25) is 0 Å². The summed E-state index contributed by atoms with van der Waals surface area (Å²) in [5.74, 6) is -0.977. The average Bonchev–Trinajstić information content (AvgIpc) is 2.08. The lowest BCUT2D eigenvalue weighted by Gasteiger charge is -2.03. The molecule has 1 aromatic carbocycles. The van der Waals surface area contributed by atoms with Crippen LogP contribution < -0.4 is 0 Å². The van der Waals surface area contributed by atoms with Crippen molar-refractivity contribution in [1.82, 2.24) is 0 Å².